The molecule has 0 saturated heterocycles. The van der Waals surface area contributed by atoms with Crippen molar-refractivity contribution in [2.24, 2.45) is 5.73 Å². The number of para-hydroxylation sites is 1. The maximum Gasteiger partial charge on any atom is 0.340 e. The number of nitrogens with two attached hydrogens (primary N) is 2. The molecule has 0 aliphatic carbocycles. The van der Waals surface area contributed by atoms with Crippen LogP contribution in [0.2, 0.25) is 0 Å². The molecule has 1 rings (SSSR count). The first-order valence-corrected chi connectivity index (χ1v) is 5.89. The molecule has 1 aromatic carbocycles. The van der Waals surface area contributed by atoms with Crippen LogP contribution in [0.3, 0.4) is 0 Å². The molecule has 0 bridgehead atoms. The van der Waals surface area contributed by atoms with Gasteiger partial charge in [0.1, 0.15) is 0 Å². The van der Waals surface area contributed by atoms with Gasteiger partial charge in [0.15, 0.2) is 0 Å². The molecule has 0 aliphatic heterocycles. The standard InChI is InChI=1S/C12H18N4O3/c1-2-19-11(17)8-4-3-5-9(10(8)13)15-6-7-16-12(14)18/h3-5,15H,2,6-7,13H2,1H3,(H3,14,16,18). The third-order valence-corrected chi connectivity index (χ3v) is 2.34. The molecule has 0 unspecified atom stereocenters. The molecule has 0 atom stereocenters. The van der Waals surface area contributed by atoms with Crippen LogP contribution < -0.4 is 22.1 Å². The number of nitrogen functional groups attached to an aromatic ring is 1. The van der Waals surface area contributed by atoms with Crippen molar-refractivity contribution in [2.45, 2.75) is 6.92 Å². The fraction of sp³-hybridized carbons (Fsp3) is 0.333. The van der Waals surface area contributed by atoms with E-state index in [2.05, 4.69) is 10.6 Å². The second kappa shape index (κ2) is 7.10. The number of carbonyl (C=O) groups is 2. The molecule has 0 heterocycles. The Morgan fingerprint density at radius 3 is 2.68 bits per heavy atom. The predicted molar refractivity (Wildman–Crippen MR) is 72.9 cm³/mol. The van der Waals surface area contributed by atoms with Crippen molar-refractivity contribution >= 4 is 23.4 Å². The zero-order valence-electron chi connectivity index (χ0n) is 10.7. The van der Waals surface area contributed by atoms with Crippen molar-refractivity contribution in [3.63, 3.8) is 0 Å². The molecule has 0 saturated carbocycles. The summed E-state index contributed by atoms with van der Waals surface area (Å²) in [4.78, 5) is 22.1. The van der Waals surface area contributed by atoms with Crippen LogP contribution >= 0.6 is 0 Å². The summed E-state index contributed by atoms with van der Waals surface area (Å²) in [5, 5.41) is 5.44. The molecule has 0 spiro atoms. The molecule has 19 heavy (non-hydrogen) atoms. The summed E-state index contributed by atoms with van der Waals surface area (Å²) in [7, 11) is 0. The Kier molecular flexibility index (Phi) is 5.46. The molecule has 0 radical (unpaired) electrons. The smallest absolute Gasteiger partial charge is 0.340 e. The number of urea groups is 1. The van der Waals surface area contributed by atoms with Gasteiger partial charge in [-0.1, -0.05) is 6.07 Å². The molecule has 7 nitrogen and oxygen atoms in total. The highest BCUT2D eigenvalue weighted by Gasteiger charge is 2.12. The SMILES string of the molecule is CCOC(=O)c1cccc(NCCNC(N)=O)c1N. The molecule has 7 heteroatoms. The minimum atomic E-state index is -0.588. The summed E-state index contributed by atoms with van der Waals surface area (Å²) in [6.07, 6.45) is 0. The average molecular weight is 266 g/mol. The lowest BCUT2D eigenvalue weighted by atomic mass is 10.1. The quantitative estimate of drug-likeness (QED) is 0.340. The van der Waals surface area contributed by atoms with E-state index in [4.69, 9.17) is 16.2 Å². The van der Waals surface area contributed by atoms with Crippen LogP contribution in [0.1, 0.15) is 17.3 Å². The zero-order chi connectivity index (χ0) is 14.3. The van der Waals surface area contributed by atoms with Crippen LogP contribution in [0, 0.1) is 0 Å². The number of rotatable bonds is 6. The number of benzene rings is 1. The van der Waals surface area contributed by atoms with Crippen LogP contribution in [0.15, 0.2) is 18.2 Å². The van der Waals surface area contributed by atoms with Crippen LogP contribution in [0.4, 0.5) is 16.2 Å². The van der Waals surface area contributed by atoms with E-state index in [1.165, 1.54) is 0 Å². The Morgan fingerprint density at radius 1 is 1.32 bits per heavy atom. The van der Waals surface area contributed by atoms with Crippen molar-refractivity contribution in [3.05, 3.63) is 23.8 Å². The number of anilines is 2. The molecule has 0 fully saturated rings. The summed E-state index contributed by atoms with van der Waals surface area (Å²) in [5.41, 5.74) is 12.1. The normalized spacial score (nSPS) is 9.74. The van der Waals surface area contributed by atoms with Gasteiger partial charge in [-0.15, -0.1) is 0 Å². The first kappa shape index (κ1) is 14.6. The van der Waals surface area contributed by atoms with Crippen LogP contribution in [0.25, 0.3) is 0 Å². The van der Waals surface area contributed by atoms with Gasteiger partial charge in [0.05, 0.1) is 23.5 Å². The molecule has 6 N–H and O–H groups in total. The van der Waals surface area contributed by atoms with Crippen molar-refractivity contribution < 1.29 is 14.3 Å². The van der Waals surface area contributed by atoms with Gasteiger partial charge in [-0.25, -0.2) is 9.59 Å². The van der Waals surface area contributed by atoms with E-state index in [0.29, 0.717) is 36.6 Å². The predicted octanol–water partition coefficient (Wildman–Crippen LogP) is 0.526. The second-order valence-corrected chi connectivity index (χ2v) is 3.71. The van der Waals surface area contributed by atoms with E-state index in [9.17, 15) is 9.59 Å². The van der Waals surface area contributed by atoms with Crippen molar-refractivity contribution in [3.8, 4) is 0 Å². The van der Waals surface area contributed by atoms with Crippen LogP contribution in [-0.2, 0) is 4.74 Å². The van der Waals surface area contributed by atoms with Gasteiger partial charge in [0, 0.05) is 13.1 Å². The second-order valence-electron chi connectivity index (χ2n) is 3.71. The number of primary amides is 1. The lowest BCUT2D eigenvalue weighted by Gasteiger charge is -2.12. The van der Waals surface area contributed by atoms with Gasteiger partial charge in [-0.3, -0.25) is 0 Å². The molecular weight excluding hydrogens is 248 g/mol. The molecule has 0 aliphatic rings. The van der Waals surface area contributed by atoms with Gasteiger partial charge in [-0.05, 0) is 19.1 Å². The Morgan fingerprint density at radius 2 is 2.05 bits per heavy atom. The van der Waals surface area contributed by atoms with E-state index >= 15 is 0 Å². The number of hydrogen-bond donors (Lipinski definition) is 4. The Labute approximate surface area is 111 Å². The van der Waals surface area contributed by atoms with Crippen molar-refractivity contribution in [2.75, 3.05) is 30.7 Å². The molecule has 2 amide bonds. The molecule has 0 aromatic heterocycles. The summed E-state index contributed by atoms with van der Waals surface area (Å²) >= 11 is 0. The highest BCUT2D eigenvalue weighted by atomic mass is 16.5. The highest BCUT2D eigenvalue weighted by Crippen LogP contribution is 2.23. The van der Waals surface area contributed by atoms with Gasteiger partial charge in [-0.2, -0.15) is 0 Å². The average Bonchev–Trinajstić information content (AvgIpc) is 2.36. The van der Waals surface area contributed by atoms with Gasteiger partial charge in [0.2, 0.25) is 0 Å². The molecular formula is C12H18N4O3. The zero-order valence-corrected chi connectivity index (χ0v) is 10.7. The highest BCUT2D eigenvalue weighted by molar-refractivity contribution is 5.98. The van der Waals surface area contributed by atoms with Crippen LogP contribution in [0.5, 0.6) is 0 Å². The van der Waals surface area contributed by atoms with Gasteiger partial charge in [0.25, 0.3) is 0 Å². The number of hydrogen-bond acceptors (Lipinski definition) is 5. The number of carbonyl (C=O) groups excluding carboxylic acids is 2. The van der Waals surface area contributed by atoms with E-state index in [0.717, 1.165) is 0 Å². The first-order chi connectivity index (χ1) is 9.06. The van der Waals surface area contributed by atoms with Crippen molar-refractivity contribution in [1.82, 2.24) is 5.32 Å². The third-order valence-electron chi connectivity index (χ3n) is 2.34. The first-order valence-electron chi connectivity index (χ1n) is 5.89. The minimum absolute atomic E-state index is 0.290. The fourth-order valence-electron chi connectivity index (χ4n) is 1.49. The largest absolute Gasteiger partial charge is 0.462 e. The summed E-state index contributed by atoms with van der Waals surface area (Å²) < 4.78 is 4.90. The topological polar surface area (TPSA) is 119 Å². The lowest BCUT2D eigenvalue weighted by molar-refractivity contribution is 0.0527. The lowest BCUT2D eigenvalue weighted by Crippen LogP contribution is -2.33. The Hall–Kier alpha value is -2.44. The summed E-state index contributed by atoms with van der Waals surface area (Å²) in [6, 6.07) is 4.45. The number of nitrogens with one attached hydrogen (secondary N) is 2. The van der Waals surface area contributed by atoms with Gasteiger partial charge < -0.3 is 26.8 Å². The maximum absolute atomic E-state index is 11.6. The molecule has 1 aromatic rings. The fourth-order valence-corrected chi connectivity index (χ4v) is 1.49. The Balaban J connectivity index is 2.66. The van der Waals surface area contributed by atoms with E-state index < -0.39 is 12.0 Å². The summed E-state index contributed by atoms with van der Waals surface area (Å²) in [5.74, 6) is -0.459. The summed E-state index contributed by atoms with van der Waals surface area (Å²) in [6.45, 7) is 2.82. The Bertz CT molecular complexity index is 462. The van der Waals surface area contributed by atoms with E-state index in [-0.39, 0.29) is 0 Å². The van der Waals surface area contributed by atoms with E-state index in [1.54, 1.807) is 25.1 Å². The van der Waals surface area contributed by atoms with Crippen molar-refractivity contribution in [1.29, 1.82) is 0 Å². The maximum atomic E-state index is 11.6. The molecule has 104 valence electrons. The van der Waals surface area contributed by atoms with Gasteiger partial charge >= 0.3 is 12.0 Å². The minimum Gasteiger partial charge on any atom is -0.462 e. The number of esters is 1. The number of amides is 2. The van der Waals surface area contributed by atoms with E-state index in [1.807, 2.05) is 0 Å². The van der Waals surface area contributed by atoms with Crippen LogP contribution in [-0.4, -0.2) is 31.7 Å². The number of ether oxygens (including phenoxy) is 1. The third kappa shape index (κ3) is 4.38. The monoisotopic (exact) mass is 266 g/mol.